The average Bonchev–Trinajstić information content (AvgIpc) is 2.39. The van der Waals surface area contributed by atoms with Crippen LogP contribution in [0.25, 0.3) is 0 Å². The van der Waals surface area contributed by atoms with Crippen LogP contribution < -0.4 is 0 Å². The molecular weight excluding hydrogens is 260 g/mol. The van der Waals surface area contributed by atoms with Gasteiger partial charge < -0.3 is 4.90 Å². The van der Waals surface area contributed by atoms with Crippen molar-refractivity contribution in [3.05, 3.63) is 29.8 Å². The number of sulfonamides is 1. The minimum atomic E-state index is -3.35. The van der Waals surface area contributed by atoms with Crippen molar-refractivity contribution < 1.29 is 8.42 Å². The molecule has 0 aliphatic carbocycles. The first-order valence-electron chi connectivity index (χ1n) is 6.70. The van der Waals surface area contributed by atoms with Crippen LogP contribution in [-0.2, 0) is 10.0 Å². The Morgan fingerprint density at radius 3 is 2.21 bits per heavy atom. The van der Waals surface area contributed by atoms with Gasteiger partial charge in [0, 0.05) is 26.2 Å². The highest BCUT2D eigenvalue weighted by atomic mass is 32.2. The third kappa shape index (κ3) is 2.99. The SMILES string of the molecule is CC(C)c1ccccc1S(=O)(=O)N1CCN(C)CC1. The van der Waals surface area contributed by atoms with E-state index in [1.165, 1.54) is 0 Å². The van der Waals surface area contributed by atoms with Crippen molar-refractivity contribution >= 4 is 10.0 Å². The molecular formula is C14H22N2O2S. The second-order valence-electron chi connectivity index (χ2n) is 5.40. The predicted octanol–water partition coefficient (Wildman–Crippen LogP) is 1.75. The molecule has 1 aliphatic heterocycles. The standard InChI is InChI=1S/C14H22N2O2S/c1-12(2)13-6-4-5-7-14(13)19(17,18)16-10-8-15(3)9-11-16/h4-7,12H,8-11H2,1-3H3. The molecule has 0 N–H and O–H groups in total. The summed E-state index contributed by atoms with van der Waals surface area (Å²) < 4.78 is 27.1. The van der Waals surface area contributed by atoms with Crippen molar-refractivity contribution in [3.8, 4) is 0 Å². The molecule has 1 fully saturated rings. The Labute approximate surface area is 116 Å². The number of hydrogen-bond acceptors (Lipinski definition) is 3. The van der Waals surface area contributed by atoms with E-state index < -0.39 is 10.0 Å². The van der Waals surface area contributed by atoms with Crippen molar-refractivity contribution in [1.29, 1.82) is 0 Å². The van der Waals surface area contributed by atoms with E-state index in [2.05, 4.69) is 4.90 Å². The zero-order valence-electron chi connectivity index (χ0n) is 11.8. The molecule has 0 aromatic heterocycles. The van der Waals surface area contributed by atoms with Gasteiger partial charge in [-0.1, -0.05) is 32.0 Å². The van der Waals surface area contributed by atoms with Crippen LogP contribution in [0.15, 0.2) is 29.2 Å². The lowest BCUT2D eigenvalue weighted by Crippen LogP contribution is -2.47. The van der Waals surface area contributed by atoms with E-state index in [4.69, 9.17) is 0 Å². The molecule has 1 aromatic rings. The molecule has 19 heavy (non-hydrogen) atoms. The summed E-state index contributed by atoms with van der Waals surface area (Å²) in [5.41, 5.74) is 0.904. The Morgan fingerprint density at radius 2 is 1.63 bits per heavy atom. The summed E-state index contributed by atoms with van der Waals surface area (Å²) in [6.45, 7) is 6.79. The number of hydrogen-bond donors (Lipinski definition) is 0. The van der Waals surface area contributed by atoms with Crippen molar-refractivity contribution in [3.63, 3.8) is 0 Å². The minimum absolute atomic E-state index is 0.207. The van der Waals surface area contributed by atoms with Crippen molar-refractivity contribution in [2.75, 3.05) is 33.2 Å². The van der Waals surface area contributed by atoms with E-state index in [0.717, 1.165) is 18.7 Å². The highest BCUT2D eigenvalue weighted by molar-refractivity contribution is 7.89. The van der Waals surface area contributed by atoms with Crippen LogP contribution in [0.4, 0.5) is 0 Å². The molecule has 0 saturated carbocycles. The highest BCUT2D eigenvalue weighted by Gasteiger charge is 2.29. The number of likely N-dealkylation sites (N-methyl/N-ethyl adjacent to an activating group) is 1. The number of benzene rings is 1. The molecule has 4 nitrogen and oxygen atoms in total. The number of nitrogens with zero attached hydrogens (tertiary/aromatic N) is 2. The zero-order chi connectivity index (χ0) is 14.0. The Hall–Kier alpha value is -0.910. The lowest BCUT2D eigenvalue weighted by atomic mass is 10.0. The van der Waals surface area contributed by atoms with E-state index >= 15 is 0 Å². The maximum atomic E-state index is 12.7. The minimum Gasteiger partial charge on any atom is -0.304 e. The van der Waals surface area contributed by atoms with Gasteiger partial charge in [0.25, 0.3) is 0 Å². The van der Waals surface area contributed by atoms with Gasteiger partial charge in [-0.2, -0.15) is 4.31 Å². The Morgan fingerprint density at radius 1 is 1.05 bits per heavy atom. The normalized spacial score (nSPS) is 18.9. The Bertz CT molecular complexity index is 532. The summed E-state index contributed by atoms with van der Waals surface area (Å²) in [5, 5.41) is 0. The van der Waals surface area contributed by atoms with Crippen molar-refractivity contribution in [2.45, 2.75) is 24.7 Å². The van der Waals surface area contributed by atoms with Crippen LogP contribution in [0.1, 0.15) is 25.3 Å². The fourth-order valence-electron chi connectivity index (χ4n) is 2.36. The van der Waals surface area contributed by atoms with E-state index in [9.17, 15) is 8.42 Å². The van der Waals surface area contributed by atoms with Gasteiger partial charge in [0.2, 0.25) is 10.0 Å². The first kappa shape index (κ1) is 14.5. The van der Waals surface area contributed by atoms with Crippen LogP contribution in [0, 0.1) is 0 Å². The van der Waals surface area contributed by atoms with Gasteiger partial charge in [-0.3, -0.25) is 0 Å². The van der Waals surface area contributed by atoms with Gasteiger partial charge in [0.05, 0.1) is 4.90 Å². The lowest BCUT2D eigenvalue weighted by molar-refractivity contribution is 0.222. The summed E-state index contributed by atoms with van der Waals surface area (Å²) >= 11 is 0. The average molecular weight is 282 g/mol. The highest BCUT2D eigenvalue weighted by Crippen LogP contribution is 2.26. The van der Waals surface area contributed by atoms with Gasteiger partial charge in [-0.15, -0.1) is 0 Å². The molecule has 1 aromatic carbocycles. The van der Waals surface area contributed by atoms with Gasteiger partial charge in [-0.25, -0.2) is 8.42 Å². The third-order valence-corrected chi connectivity index (χ3v) is 5.59. The summed E-state index contributed by atoms with van der Waals surface area (Å²) in [6, 6.07) is 7.34. The first-order chi connectivity index (χ1) is 8.93. The first-order valence-corrected chi connectivity index (χ1v) is 8.14. The molecule has 1 heterocycles. The summed E-state index contributed by atoms with van der Waals surface area (Å²) in [4.78, 5) is 2.62. The van der Waals surface area contributed by atoms with Gasteiger partial charge in [0.1, 0.15) is 0 Å². The summed E-state index contributed by atoms with van der Waals surface area (Å²) in [7, 11) is -1.33. The Balaban J connectivity index is 2.35. The largest absolute Gasteiger partial charge is 0.304 e. The molecule has 0 bridgehead atoms. The third-order valence-electron chi connectivity index (χ3n) is 3.62. The molecule has 1 aliphatic rings. The van der Waals surface area contributed by atoms with Crippen LogP contribution >= 0.6 is 0 Å². The smallest absolute Gasteiger partial charge is 0.243 e. The zero-order valence-corrected chi connectivity index (χ0v) is 12.7. The van der Waals surface area contributed by atoms with Gasteiger partial charge in [0.15, 0.2) is 0 Å². The maximum absolute atomic E-state index is 12.7. The van der Waals surface area contributed by atoms with E-state index in [-0.39, 0.29) is 5.92 Å². The molecule has 106 valence electrons. The topological polar surface area (TPSA) is 40.6 Å². The Kier molecular flexibility index (Phi) is 4.28. The van der Waals surface area contributed by atoms with Crippen molar-refractivity contribution in [2.24, 2.45) is 0 Å². The molecule has 5 heteroatoms. The number of piperazine rings is 1. The second-order valence-corrected chi connectivity index (χ2v) is 7.31. The predicted molar refractivity (Wildman–Crippen MR) is 76.8 cm³/mol. The molecule has 2 rings (SSSR count). The molecule has 0 atom stereocenters. The van der Waals surface area contributed by atoms with Gasteiger partial charge in [-0.05, 0) is 24.6 Å². The molecule has 0 radical (unpaired) electrons. The maximum Gasteiger partial charge on any atom is 0.243 e. The summed E-state index contributed by atoms with van der Waals surface area (Å²) in [6.07, 6.45) is 0. The monoisotopic (exact) mass is 282 g/mol. The van der Waals surface area contributed by atoms with Crippen LogP contribution in [0.2, 0.25) is 0 Å². The summed E-state index contributed by atoms with van der Waals surface area (Å²) in [5.74, 6) is 0.207. The van der Waals surface area contributed by atoms with E-state index in [0.29, 0.717) is 18.0 Å². The van der Waals surface area contributed by atoms with E-state index in [1.807, 2.05) is 33.0 Å². The fourth-order valence-corrected chi connectivity index (χ4v) is 4.13. The molecule has 1 saturated heterocycles. The number of rotatable bonds is 3. The lowest BCUT2D eigenvalue weighted by Gasteiger charge is -2.32. The van der Waals surface area contributed by atoms with E-state index in [1.54, 1.807) is 16.4 Å². The van der Waals surface area contributed by atoms with Crippen LogP contribution in [-0.4, -0.2) is 50.8 Å². The van der Waals surface area contributed by atoms with Gasteiger partial charge >= 0.3 is 0 Å². The van der Waals surface area contributed by atoms with Crippen LogP contribution in [0.5, 0.6) is 0 Å². The fraction of sp³-hybridized carbons (Fsp3) is 0.571. The molecule has 0 spiro atoms. The molecule has 0 unspecified atom stereocenters. The molecule has 0 amide bonds. The van der Waals surface area contributed by atoms with Crippen LogP contribution in [0.3, 0.4) is 0 Å². The second kappa shape index (κ2) is 5.61. The van der Waals surface area contributed by atoms with Crippen molar-refractivity contribution in [1.82, 2.24) is 9.21 Å². The quantitative estimate of drug-likeness (QED) is 0.848.